The summed E-state index contributed by atoms with van der Waals surface area (Å²) < 4.78 is 0. The summed E-state index contributed by atoms with van der Waals surface area (Å²) in [4.78, 5) is 36.7. The van der Waals surface area contributed by atoms with Crippen molar-refractivity contribution >= 4 is 23.7 Å². The van der Waals surface area contributed by atoms with Crippen LogP contribution in [-0.4, -0.2) is 36.8 Å². The minimum absolute atomic E-state index is 0.0984. The second-order valence-electron chi connectivity index (χ2n) is 4.09. The van der Waals surface area contributed by atoms with Crippen molar-refractivity contribution in [2.45, 2.75) is 20.3 Å². The van der Waals surface area contributed by atoms with Gasteiger partial charge < -0.3 is 5.32 Å². The summed E-state index contributed by atoms with van der Waals surface area (Å²) in [6.07, 6.45) is 0.224. The standard InChI is InChI=1S/C10H16N4O3/c1-6(2)5-12-7(15)3-4-11-10-13-8(16)9(17)14-10/h6H,3-5H2,1-2H3,(H,12,15)(H2,11,13,14,16,17). The quantitative estimate of drug-likeness (QED) is 0.523. The van der Waals surface area contributed by atoms with Gasteiger partial charge in [0.05, 0.1) is 6.54 Å². The molecule has 1 rings (SSSR count). The monoisotopic (exact) mass is 240 g/mol. The number of hydrogen-bond acceptors (Lipinski definition) is 4. The van der Waals surface area contributed by atoms with Crippen molar-refractivity contribution in [1.29, 1.82) is 0 Å². The van der Waals surface area contributed by atoms with Gasteiger partial charge in [-0.25, -0.2) is 0 Å². The molecule has 1 heterocycles. The highest BCUT2D eigenvalue weighted by Crippen LogP contribution is 1.90. The highest BCUT2D eigenvalue weighted by molar-refractivity contribution is 6.45. The maximum Gasteiger partial charge on any atom is 0.316 e. The Balaban J connectivity index is 2.23. The van der Waals surface area contributed by atoms with E-state index in [9.17, 15) is 14.4 Å². The van der Waals surface area contributed by atoms with Crippen LogP contribution in [0.1, 0.15) is 20.3 Å². The summed E-state index contributed by atoms with van der Waals surface area (Å²) in [5, 5.41) is 7.23. The molecule has 0 saturated carbocycles. The second kappa shape index (κ2) is 5.97. The van der Waals surface area contributed by atoms with E-state index in [0.29, 0.717) is 12.5 Å². The van der Waals surface area contributed by atoms with E-state index in [-0.39, 0.29) is 24.8 Å². The van der Waals surface area contributed by atoms with Gasteiger partial charge in [0, 0.05) is 13.0 Å². The van der Waals surface area contributed by atoms with Crippen molar-refractivity contribution in [3.05, 3.63) is 0 Å². The molecule has 7 nitrogen and oxygen atoms in total. The smallest absolute Gasteiger partial charge is 0.316 e. The number of rotatable bonds is 5. The van der Waals surface area contributed by atoms with Crippen LogP contribution in [0.25, 0.3) is 0 Å². The van der Waals surface area contributed by atoms with Gasteiger partial charge in [0.15, 0.2) is 0 Å². The third-order valence-corrected chi connectivity index (χ3v) is 1.99. The molecule has 0 unspecified atom stereocenters. The average Bonchev–Trinajstić information content (AvgIpc) is 2.55. The molecule has 0 spiro atoms. The summed E-state index contributed by atoms with van der Waals surface area (Å²) in [5.74, 6) is -1.05. The lowest BCUT2D eigenvalue weighted by molar-refractivity contribution is -0.135. The van der Waals surface area contributed by atoms with Gasteiger partial charge in [-0.1, -0.05) is 13.8 Å². The number of hydrogen-bond donors (Lipinski definition) is 3. The lowest BCUT2D eigenvalue weighted by Gasteiger charge is -2.06. The fourth-order valence-corrected chi connectivity index (χ4v) is 1.11. The van der Waals surface area contributed by atoms with Crippen molar-refractivity contribution in [2.75, 3.05) is 13.1 Å². The van der Waals surface area contributed by atoms with E-state index in [1.165, 1.54) is 0 Å². The van der Waals surface area contributed by atoms with Crippen LogP contribution in [0.15, 0.2) is 4.99 Å². The zero-order chi connectivity index (χ0) is 12.8. The molecule has 0 aromatic heterocycles. The zero-order valence-corrected chi connectivity index (χ0v) is 9.87. The normalized spacial score (nSPS) is 14.6. The number of nitrogens with one attached hydrogen (secondary N) is 3. The topological polar surface area (TPSA) is 99.7 Å². The van der Waals surface area contributed by atoms with Crippen LogP contribution in [0.3, 0.4) is 0 Å². The summed E-state index contributed by atoms with van der Waals surface area (Å²) in [5.41, 5.74) is 0. The molecule has 1 fully saturated rings. The molecule has 0 radical (unpaired) electrons. The van der Waals surface area contributed by atoms with E-state index in [4.69, 9.17) is 0 Å². The van der Waals surface area contributed by atoms with Crippen molar-refractivity contribution in [2.24, 2.45) is 10.9 Å². The molecule has 1 saturated heterocycles. The largest absolute Gasteiger partial charge is 0.356 e. The Morgan fingerprint density at radius 1 is 1.29 bits per heavy atom. The molecular weight excluding hydrogens is 224 g/mol. The lowest BCUT2D eigenvalue weighted by Crippen LogP contribution is -2.29. The molecule has 0 aliphatic carbocycles. The van der Waals surface area contributed by atoms with E-state index in [1.54, 1.807) is 0 Å². The number of nitrogens with zero attached hydrogens (tertiary/aromatic N) is 1. The molecule has 0 bridgehead atoms. The Morgan fingerprint density at radius 3 is 2.41 bits per heavy atom. The van der Waals surface area contributed by atoms with Crippen LogP contribution in [0.2, 0.25) is 0 Å². The molecule has 17 heavy (non-hydrogen) atoms. The Bertz CT molecular complexity index is 345. The molecule has 1 aliphatic heterocycles. The summed E-state index contributed by atoms with van der Waals surface area (Å²) in [6, 6.07) is 0. The van der Waals surface area contributed by atoms with Gasteiger partial charge in [0.2, 0.25) is 11.9 Å². The molecule has 3 N–H and O–H groups in total. The molecule has 1 aliphatic rings. The fourth-order valence-electron chi connectivity index (χ4n) is 1.11. The van der Waals surface area contributed by atoms with Crippen molar-refractivity contribution in [3.63, 3.8) is 0 Å². The first-order valence-electron chi connectivity index (χ1n) is 5.42. The predicted molar refractivity (Wildman–Crippen MR) is 61.1 cm³/mol. The molecule has 0 aromatic rings. The Morgan fingerprint density at radius 2 is 1.88 bits per heavy atom. The molecule has 0 aromatic carbocycles. The lowest BCUT2D eigenvalue weighted by atomic mass is 10.2. The predicted octanol–water partition coefficient (Wildman–Crippen LogP) is -1.25. The Kier molecular flexibility index (Phi) is 4.62. The zero-order valence-electron chi connectivity index (χ0n) is 9.87. The van der Waals surface area contributed by atoms with Crippen LogP contribution >= 0.6 is 0 Å². The van der Waals surface area contributed by atoms with Gasteiger partial charge in [-0.3, -0.25) is 30.0 Å². The molecule has 7 heteroatoms. The van der Waals surface area contributed by atoms with Gasteiger partial charge in [0.25, 0.3) is 0 Å². The van der Waals surface area contributed by atoms with E-state index < -0.39 is 11.8 Å². The van der Waals surface area contributed by atoms with E-state index >= 15 is 0 Å². The number of guanidine groups is 1. The SMILES string of the molecule is CC(C)CNC(=O)CCN=C1NC(=O)C(=O)N1. The summed E-state index contributed by atoms with van der Waals surface area (Å²) in [7, 11) is 0. The maximum atomic E-state index is 11.3. The summed E-state index contributed by atoms with van der Waals surface area (Å²) >= 11 is 0. The highest BCUT2D eigenvalue weighted by Gasteiger charge is 2.24. The first kappa shape index (κ1) is 13.1. The number of carbonyl (C=O) groups is 3. The molecular formula is C10H16N4O3. The molecule has 0 atom stereocenters. The van der Waals surface area contributed by atoms with Gasteiger partial charge in [-0.05, 0) is 5.92 Å². The van der Waals surface area contributed by atoms with Crippen LogP contribution in [-0.2, 0) is 14.4 Å². The van der Waals surface area contributed by atoms with Gasteiger partial charge in [-0.15, -0.1) is 0 Å². The third-order valence-electron chi connectivity index (χ3n) is 1.99. The molecule has 3 amide bonds. The number of amides is 3. The first-order valence-corrected chi connectivity index (χ1v) is 5.42. The van der Waals surface area contributed by atoms with E-state index in [1.807, 2.05) is 13.8 Å². The van der Waals surface area contributed by atoms with E-state index in [2.05, 4.69) is 20.9 Å². The highest BCUT2D eigenvalue weighted by atomic mass is 16.2. The fraction of sp³-hybridized carbons (Fsp3) is 0.600. The van der Waals surface area contributed by atoms with Gasteiger partial charge in [-0.2, -0.15) is 0 Å². The van der Waals surface area contributed by atoms with Crippen LogP contribution in [0, 0.1) is 5.92 Å². The number of aliphatic imine (C=N–C) groups is 1. The molecule has 94 valence electrons. The van der Waals surface area contributed by atoms with Crippen molar-refractivity contribution in [3.8, 4) is 0 Å². The summed E-state index contributed by atoms with van der Waals surface area (Å²) in [6.45, 7) is 4.86. The van der Waals surface area contributed by atoms with E-state index in [0.717, 1.165) is 0 Å². The van der Waals surface area contributed by atoms with Crippen molar-refractivity contribution < 1.29 is 14.4 Å². The minimum Gasteiger partial charge on any atom is -0.356 e. The van der Waals surface area contributed by atoms with Crippen LogP contribution in [0.4, 0.5) is 0 Å². The second-order valence-corrected chi connectivity index (χ2v) is 4.09. The number of carbonyl (C=O) groups excluding carboxylic acids is 3. The van der Waals surface area contributed by atoms with Gasteiger partial charge >= 0.3 is 11.8 Å². The van der Waals surface area contributed by atoms with Crippen LogP contribution in [0.5, 0.6) is 0 Å². The first-order chi connectivity index (χ1) is 7.99. The Labute approximate surface area is 99.0 Å². The van der Waals surface area contributed by atoms with Gasteiger partial charge in [0.1, 0.15) is 0 Å². The Hall–Kier alpha value is -1.92. The maximum absolute atomic E-state index is 11.3. The van der Waals surface area contributed by atoms with Crippen molar-refractivity contribution in [1.82, 2.24) is 16.0 Å². The average molecular weight is 240 g/mol. The van der Waals surface area contributed by atoms with Crippen LogP contribution < -0.4 is 16.0 Å². The third kappa shape index (κ3) is 4.62. The minimum atomic E-state index is -0.729.